The van der Waals surface area contributed by atoms with Gasteiger partial charge in [-0.25, -0.2) is 9.78 Å². The lowest BCUT2D eigenvalue weighted by molar-refractivity contribution is -0.149. The van der Waals surface area contributed by atoms with Gasteiger partial charge in [-0.1, -0.05) is 30.2 Å². The number of hydrogen-bond donors (Lipinski definition) is 1. The Morgan fingerprint density at radius 1 is 1.30 bits per heavy atom. The number of likely N-dealkylation sites (tertiary alicyclic amines) is 1. The topological polar surface area (TPSA) is 83.6 Å². The summed E-state index contributed by atoms with van der Waals surface area (Å²) >= 11 is 6.17. The molecule has 0 radical (unpaired) electrons. The number of halogens is 1. The molecule has 1 aromatic carbocycles. The van der Waals surface area contributed by atoms with Crippen molar-refractivity contribution in [1.29, 1.82) is 0 Å². The third kappa shape index (κ3) is 3.46. The fraction of sp³-hybridized carbons (Fsp3) is 0.450. The molecule has 1 aromatic heterocycles. The molecule has 2 fully saturated rings. The van der Waals surface area contributed by atoms with E-state index in [0.717, 1.165) is 24.8 Å². The highest BCUT2D eigenvalue weighted by Crippen LogP contribution is 2.42. The van der Waals surface area contributed by atoms with Gasteiger partial charge in [-0.2, -0.15) is 0 Å². The lowest BCUT2D eigenvalue weighted by atomic mass is 9.94. The molecular formula is C20H21ClN2O4. The van der Waals surface area contributed by atoms with Gasteiger partial charge in [-0.15, -0.1) is 0 Å². The third-order valence-corrected chi connectivity index (χ3v) is 6.04. The lowest BCUT2D eigenvalue weighted by Crippen LogP contribution is -2.43. The Hall–Kier alpha value is -2.34. The summed E-state index contributed by atoms with van der Waals surface area (Å²) in [5.74, 6) is 0.388. The van der Waals surface area contributed by atoms with Crippen LogP contribution in [0.2, 0.25) is 5.02 Å². The molecule has 3 atom stereocenters. The van der Waals surface area contributed by atoms with E-state index < -0.39 is 12.0 Å². The van der Waals surface area contributed by atoms with E-state index in [1.54, 1.807) is 17.2 Å². The molecule has 0 spiro atoms. The van der Waals surface area contributed by atoms with Crippen LogP contribution in [0, 0.1) is 11.8 Å². The quantitative estimate of drug-likeness (QED) is 0.845. The summed E-state index contributed by atoms with van der Waals surface area (Å²) in [7, 11) is 0. The van der Waals surface area contributed by atoms with Crippen molar-refractivity contribution in [3.8, 4) is 11.3 Å². The molecule has 2 aromatic rings. The molecular weight excluding hydrogens is 368 g/mol. The summed E-state index contributed by atoms with van der Waals surface area (Å²) in [5.41, 5.74) is 0.752. The summed E-state index contributed by atoms with van der Waals surface area (Å²) in [6.45, 7) is 0.553. The molecule has 0 bridgehead atoms. The van der Waals surface area contributed by atoms with Gasteiger partial charge >= 0.3 is 5.97 Å². The number of aryl methyl sites for hydroxylation is 1. The minimum Gasteiger partial charge on any atom is -0.480 e. The van der Waals surface area contributed by atoms with Crippen molar-refractivity contribution in [2.75, 3.05) is 6.54 Å². The second kappa shape index (κ2) is 7.35. The molecule has 1 aliphatic heterocycles. The number of carbonyl (C=O) groups excluding carboxylic acids is 1. The van der Waals surface area contributed by atoms with E-state index in [0.29, 0.717) is 35.6 Å². The van der Waals surface area contributed by atoms with Gasteiger partial charge in [0.2, 0.25) is 5.91 Å². The molecule has 6 nitrogen and oxygen atoms in total. The first-order chi connectivity index (χ1) is 13.0. The third-order valence-electron chi connectivity index (χ3n) is 5.71. The minimum atomic E-state index is -0.894. The van der Waals surface area contributed by atoms with Crippen LogP contribution in [0.1, 0.15) is 31.6 Å². The highest BCUT2D eigenvalue weighted by atomic mass is 35.5. The van der Waals surface area contributed by atoms with Gasteiger partial charge in [-0.05, 0) is 36.8 Å². The molecule has 1 aliphatic carbocycles. The van der Waals surface area contributed by atoms with Crippen molar-refractivity contribution in [1.82, 2.24) is 9.88 Å². The Morgan fingerprint density at radius 3 is 2.89 bits per heavy atom. The van der Waals surface area contributed by atoms with Gasteiger partial charge in [0.1, 0.15) is 6.04 Å². The number of amides is 1. The molecule has 4 rings (SSSR count). The standard InChI is InChI=1S/C20H21ClN2O4/c21-15-7-2-1-5-14(15)16-10-22-17(27-16)8-9-18(24)23-11-12-4-3-6-13(12)19(23)20(25)26/h1-2,5,7,10,12-13,19H,3-4,6,8-9,11H2,(H,25,26). The zero-order valence-electron chi connectivity index (χ0n) is 14.8. The number of rotatable bonds is 5. The Labute approximate surface area is 162 Å². The van der Waals surface area contributed by atoms with Crippen LogP contribution >= 0.6 is 11.6 Å². The highest BCUT2D eigenvalue weighted by molar-refractivity contribution is 6.33. The number of carboxylic acid groups (broad SMARTS) is 1. The molecule has 142 valence electrons. The minimum absolute atomic E-state index is 0.0972. The number of nitrogens with zero attached hydrogens (tertiary/aromatic N) is 2. The molecule has 1 N–H and O–H groups in total. The van der Waals surface area contributed by atoms with E-state index in [9.17, 15) is 14.7 Å². The normalized spacial score (nSPS) is 24.2. The number of carbonyl (C=O) groups is 2. The Kier molecular flexibility index (Phi) is 4.91. The largest absolute Gasteiger partial charge is 0.480 e. The maximum Gasteiger partial charge on any atom is 0.326 e. The number of aliphatic carboxylic acids is 1. The van der Waals surface area contributed by atoms with E-state index in [-0.39, 0.29) is 18.2 Å². The number of aromatic nitrogens is 1. The van der Waals surface area contributed by atoms with Crippen molar-refractivity contribution >= 4 is 23.5 Å². The van der Waals surface area contributed by atoms with Crippen LogP contribution in [0.25, 0.3) is 11.3 Å². The maximum atomic E-state index is 12.7. The molecule has 2 aliphatic rings. The van der Waals surface area contributed by atoms with Crippen molar-refractivity contribution in [2.24, 2.45) is 11.8 Å². The van der Waals surface area contributed by atoms with Crippen LogP contribution < -0.4 is 0 Å². The van der Waals surface area contributed by atoms with Gasteiger partial charge in [-0.3, -0.25) is 4.79 Å². The second-order valence-corrected chi connectivity index (χ2v) is 7.69. The van der Waals surface area contributed by atoms with E-state index in [4.69, 9.17) is 16.0 Å². The summed E-state index contributed by atoms with van der Waals surface area (Å²) in [4.78, 5) is 30.1. The SMILES string of the molecule is O=C(O)C1C2CCCC2CN1C(=O)CCc1ncc(-c2ccccc2Cl)o1. The molecule has 3 unspecified atom stereocenters. The van der Waals surface area contributed by atoms with E-state index in [1.165, 1.54) is 0 Å². The van der Waals surface area contributed by atoms with Crippen LogP contribution in [0.5, 0.6) is 0 Å². The molecule has 1 saturated carbocycles. The Morgan fingerprint density at radius 2 is 2.11 bits per heavy atom. The maximum absolute atomic E-state index is 12.7. The zero-order chi connectivity index (χ0) is 19.0. The number of benzene rings is 1. The predicted molar refractivity (Wildman–Crippen MR) is 99.2 cm³/mol. The van der Waals surface area contributed by atoms with Gasteiger partial charge in [0, 0.05) is 24.9 Å². The smallest absolute Gasteiger partial charge is 0.326 e. The zero-order valence-corrected chi connectivity index (χ0v) is 15.6. The van der Waals surface area contributed by atoms with Gasteiger partial charge in [0.15, 0.2) is 11.7 Å². The summed E-state index contributed by atoms with van der Waals surface area (Å²) < 4.78 is 5.73. The number of fused-ring (bicyclic) bond motifs is 1. The summed E-state index contributed by atoms with van der Waals surface area (Å²) in [5, 5.41) is 10.2. The second-order valence-electron chi connectivity index (χ2n) is 7.28. The highest BCUT2D eigenvalue weighted by Gasteiger charge is 2.49. The van der Waals surface area contributed by atoms with Crippen LogP contribution in [0.15, 0.2) is 34.9 Å². The van der Waals surface area contributed by atoms with Crippen LogP contribution in [0.3, 0.4) is 0 Å². The number of carboxylic acids is 1. The Balaban J connectivity index is 1.41. The van der Waals surface area contributed by atoms with E-state index >= 15 is 0 Å². The van der Waals surface area contributed by atoms with E-state index in [2.05, 4.69) is 4.98 Å². The Bertz CT molecular complexity index is 865. The first kappa shape index (κ1) is 18.0. The van der Waals surface area contributed by atoms with Crippen molar-refractivity contribution in [3.05, 3.63) is 41.4 Å². The molecule has 27 heavy (non-hydrogen) atoms. The van der Waals surface area contributed by atoms with Crippen molar-refractivity contribution in [2.45, 2.75) is 38.1 Å². The predicted octanol–water partition coefficient (Wildman–Crippen LogP) is 3.64. The van der Waals surface area contributed by atoms with Crippen LogP contribution in [-0.4, -0.2) is 39.5 Å². The first-order valence-corrected chi connectivity index (χ1v) is 9.64. The van der Waals surface area contributed by atoms with Crippen LogP contribution in [-0.2, 0) is 16.0 Å². The van der Waals surface area contributed by atoms with Gasteiger partial charge in [0.25, 0.3) is 0 Å². The summed E-state index contributed by atoms with van der Waals surface area (Å²) in [6.07, 6.45) is 5.09. The lowest BCUT2D eigenvalue weighted by Gasteiger charge is -2.24. The van der Waals surface area contributed by atoms with Gasteiger partial charge < -0.3 is 14.4 Å². The van der Waals surface area contributed by atoms with E-state index in [1.807, 2.05) is 18.2 Å². The molecule has 2 heterocycles. The molecule has 7 heteroatoms. The number of hydrogen-bond acceptors (Lipinski definition) is 4. The fourth-order valence-electron chi connectivity index (χ4n) is 4.45. The van der Waals surface area contributed by atoms with Crippen molar-refractivity contribution in [3.63, 3.8) is 0 Å². The average Bonchev–Trinajstić information content (AvgIpc) is 3.35. The molecule has 1 saturated heterocycles. The van der Waals surface area contributed by atoms with Gasteiger partial charge in [0.05, 0.1) is 11.2 Å². The number of oxazole rings is 1. The first-order valence-electron chi connectivity index (χ1n) is 9.26. The van der Waals surface area contributed by atoms with Crippen LogP contribution in [0.4, 0.5) is 0 Å². The molecule has 1 amide bonds. The summed E-state index contributed by atoms with van der Waals surface area (Å²) in [6, 6.07) is 6.64. The monoisotopic (exact) mass is 388 g/mol. The average molecular weight is 389 g/mol. The fourth-order valence-corrected chi connectivity index (χ4v) is 4.68. The van der Waals surface area contributed by atoms with Crippen molar-refractivity contribution < 1.29 is 19.1 Å².